The highest BCUT2D eigenvalue weighted by molar-refractivity contribution is 5.79. The van der Waals surface area contributed by atoms with Gasteiger partial charge in [0.15, 0.2) is 0 Å². The van der Waals surface area contributed by atoms with E-state index in [1.54, 1.807) is 6.07 Å². The Morgan fingerprint density at radius 3 is 2.82 bits per heavy atom. The van der Waals surface area contributed by atoms with Crippen LogP contribution in [0.3, 0.4) is 0 Å². The number of benzene rings is 1. The van der Waals surface area contributed by atoms with Gasteiger partial charge in [-0.2, -0.15) is 5.26 Å². The number of hydrogen-bond acceptors (Lipinski definition) is 3. The van der Waals surface area contributed by atoms with Gasteiger partial charge in [0, 0.05) is 26.2 Å². The van der Waals surface area contributed by atoms with Crippen LogP contribution in [0.5, 0.6) is 0 Å². The highest BCUT2D eigenvalue weighted by atomic mass is 19.1. The number of halogens is 1. The Bertz CT molecular complexity index is 604. The zero-order valence-electron chi connectivity index (χ0n) is 12.6. The molecule has 1 aromatic rings. The first-order valence-electron chi connectivity index (χ1n) is 7.87. The molecule has 1 amide bonds. The van der Waals surface area contributed by atoms with Crippen LogP contribution in [-0.2, 0) is 11.3 Å². The van der Waals surface area contributed by atoms with E-state index in [1.165, 1.54) is 12.1 Å². The Morgan fingerprint density at radius 1 is 1.32 bits per heavy atom. The molecule has 4 nitrogen and oxygen atoms in total. The summed E-state index contributed by atoms with van der Waals surface area (Å²) >= 11 is 0. The zero-order chi connectivity index (χ0) is 15.5. The summed E-state index contributed by atoms with van der Waals surface area (Å²) in [5.41, 5.74) is 1.22. The Balaban J connectivity index is 1.61. The van der Waals surface area contributed by atoms with E-state index < -0.39 is 0 Å². The average molecular weight is 301 g/mol. The molecule has 0 aliphatic carbocycles. The maximum atomic E-state index is 13.2. The van der Waals surface area contributed by atoms with E-state index in [0.29, 0.717) is 12.1 Å². The molecule has 0 bridgehead atoms. The van der Waals surface area contributed by atoms with Crippen LogP contribution >= 0.6 is 0 Å². The minimum Gasteiger partial charge on any atom is -0.342 e. The van der Waals surface area contributed by atoms with Crippen molar-refractivity contribution in [2.45, 2.75) is 25.8 Å². The summed E-state index contributed by atoms with van der Waals surface area (Å²) in [5, 5.41) is 9.10. The highest BCUT2D eigenvalue weighted by Gasteiger charge is 2.32. The van der Waals surface area contributed by atoms with Gasteiger partial charge in [-0.05, 0) is 43.5 Å². The predicted octanol–water partition coefficient (Wildman–Crippen LogP) is 2.14. The monoisotopic (exact) mass is 301 g/mol. The molecule has 0 spiro atoms. The van der Waals surface area contributed by atoms with Gasteiger partial charge in [0.05, 0.1) is 17.6 Å². The van der Waals surface area contributed by atoms with E-state index in [-0.39, 0.29) is 17.6 Å². The Kier molecular flexibility index (Phi) is 4.39. The summed E-state index contributed by atoms with van der Waals surface area (Å²) in [5.74, 6) is -0.0347. The number of amides is 1. The first-order valence-corrected chi connectivity index (χ1v) is 7.87. The van der Waals surface area contributed by atoms with Gasteiger partial charge in [-0.25, -0.2) is 4.39 Å². The molecule has 5 heteroatoms. The van der Waals surface area contributed by atoms with Crippen LogP contribution in [0.4, 0.5) is 4.39 Å². The SMILES string of the molecule is N#Cc1cc(F)ccc1CN1CCC(C(=O)N2CCCC2)C1. The molecule has 2 saturated heterocycles. The van der Waals surface area contributed by atoms with Gasteiger partial charge >= 0.3 is 0 Å². The fourth-order valence-electron chi connectivity index (χ4n) is 3.41. The second kappa shape index (κ2) is 6.45. The lowest BCUT2D eigenvalue weighted by Crippen LogP contribution is -2.35. The zero-order valence-corrected chi connectivity index (χ0v) is 12.6. The van der Waals surface area contributed by atoms with E-state index in [9.17, 15) is 9.18 Å². The molecule has 2 aliphatic heterocycles. The van der Waals surface area contributed by atoms with Crippen molar-refractivity contribution in [2.24, 2.45) is 5.92 Å². The molecule has 2 fully saturated rings. The fraction of sp³-hybridized carbons (Fsp3) is 0.529. The van der Waals surface area contributed by atoms with Crippen molar-refractivity contribution in [2.75, 3.05) is 26.2 Å². The summed E-state index contributed by atoms with van der Waals surface area (Å²) < 4.78 is 13.2. The molecule has 2 heterocycles. The molecule has 0 radical (unpaired) electrons. The molecule has 2 aliphatic rings. The third-order valence-electron chi connectivity index (χ3n) is 4.63. The molecular weight excluding hydrogens is 281 g/mol. The second-order valence-electron chi connectivity index (χ2n) is 6.17. The lowest BCUT2D eigenvalue weighted by atomic mass is 10.1. The maximum Gasteiger partial charge on any atom is 0.227 e. The lowest BCUT2D eigenvalue weighted by Gasteiger charge is -2.21. The topological polar surface area (TPSA) is 47.3 Å². The van der Waals surface area contributed by atoms with Gasteiger partial charge in [-0.3, -0.25) is 9.69 Å². The van der Waals surface area contributed by atoms with Crippen LogP contribution in [0.1, 0.15) is 30.4 Å². The summed E-state index contributed by atoms with van der Waals surface area (Å²) in [6.45, 7) is 3.98. The normalized spacial score (nSPS) is 22.0. The van der Waals surface area contributed by atoms with Crippen LogP contribution in [0.2, 0.25) is 0 Å². The van der Waals surface area contributed by atoms with Crippen molar-refractivity contribution >= 4 is 5.91 Å². The number of nitriles is 1. The second-order valence-corrected chi connectivity index (χ2v) is 6.17. The largest absolute Gasteiger partial charge is 0.342 e. The van der Waals surface area contributed by atoms with Gasteiger partial charge in [-0.15, -0.1) is 0 Å². The molecule has 1 atom stereocenters. The Labute approximate surface area is 130 Å². The minimum absolute atomic E-state index is 0.0732. The van der Waals surface area contributed by atoms with Crippen LogP contribution in [-0.4, -0.2) is 41.9 Å². The van der Waals surface area contributed by atoms with Crippen molar-refractivity contribution in [3.63, 3.8) is 0 Å². The average Bonchev–Trinajstić information content (AvgIpc) is 3.19. The predicted molar refractivity (Wildman–Crippen MR) is 80.3 cm³/mol. The smallest absolute Gasteiger partial charge is 0.227 e. The third kappa shape index (κ3) is 3.12. The van der Waals surface area contributed by atoms with Crippen LogP contribution < -0.4 is 0 Å². The van der Waals surface area contributed by atoms with Crippen LogP contribution in [0.25, 0.3) is 0 Å². The van der Waals surface area contributed by atoms with Crippen molar-refractivity contribution in [1.82, 2.24) is 9.80 Å². The van der Waals surface area contributed by atoms with Crippen molar-refractivity contribution < 1.29 is 9.18 Å². The number of carbonyl (C=O) groups excluding carboxylic acids is 1. The molecule has 0 aromatic heterocycles. The van der Waals surface area contributed by atoms with Crippen molar-refractivity contribution in [1.29, 1.82) is 5.26 Å². The van der Waals surface area contributed by atoms with Crippen molar-refractivity contribution in [3.05, 3.63) is 35.1 Å². The maximum absolute atomic E-state index is 13.2. The molecule has 3 rings (SSSR count). The fourth-order valence-corrected chi connectivity index (χ4v) is 3.41. The lowest BCUT2D eigenvalue weighted by molar-refractivity contribution is -0.134. The van der Waals surface area contributed by atoms with Crippen molar-refractivity contribution in [3.8, 4) is 6.07 Å². The van der Waals surface area contributed by atoms with E-state index >= 15 is 0 Å². The first kappa shape index (κ1) is 15.0. The number of carbonyl (C=O) groups is 1. The molecule has 0 saturated carbocycles. The highest BCUT2D eigenvalue weighted by Crippen LogP contribution is 2.23. The quantitative estimate of drug-likeness (QED) is 0.859. The number of hydrogen-bond donors (Lipinski definition) is 0. The van der Waals surface area contributed by atoms with Gasteiger partial charge in [0.25, 0.3) is 0 Å². The van der Waals surface area contributed by atoms with E-state index in [0.717, 1.165) is 51.0 Å². The molecular formula is C17H20FN3O. The minimum atomic E-state index is -0.385. The summed E-state index contributed by atoms with van der Waals surface area (Å²) in [6, 6.07) is 6.38. The summed E-state index contributed by atoms with van der Waals surface area (Å²) in [4.78, 5) is 16.6. The summed E-state index contributed by atoms with van der Waals surface area (Å²) in [7, 11) is 0. The van der Waals surface area contributed by atoms with Gasteiger partial charge in [0.2, 0.25) is 5.91 Å². The van der Waals surface area contributed by atoms with Crippen LogP contribution in [0, 0.1) is 23.1 Å². The first-order chi connectivity index (χ1) is 10.7. The molecule has 1 unspecified atom stereocenters. The molecule has 1 aromatic carbocycles. The Hall–Kier alpha value is -1.93. The van der Waals surface area contributed by atoms with Gasteiger partial charge in [-0.1, -0.05) is 6.07 Å². The molecule has 22 heavy (non-hydrogen) atoms. The Morgan fingerprint density at radius 2 is 2.09 bits per heavy atom. The molecule has 116 valence electrons. The van der Waals surface area contributed by atoms with E-state index in [4.69, 9.17) is 5.26 Å². The number of likely N-dealkylation sites (tertiary alicyclic amines) is 2. The van der Waals surface area contributed by atoms with E-state index in [2.05, 4.69) is 4.90 Å². The van der Waals surface area contributed by atoms with Gasteiger partial charge < -0.3 is 4.90 Å². The van der Waals surface area contributed by atoms with Crippen LogP contribution in [0.15, 0.2) is 18.2 Å². The molecule has 0 N–H and O–H groups in total. The standard InChI is InChI=1S/C17H20FN3O/c18-16-4-3-13(15(9-16)10-19)11-20-8-5-14(12-20)17(22)21-6-1-2-7-21/h3-4,9,14H,1-2,5-8,11-12H2. The van der Waals surface area contributed by atoms with E-state index in [1.807, 2.05) is 11.0 Å². The third-order valence-corrected chi connectivity index (χ3v) is 4.63. The summed E-state index contributed by atoms with van der Waals surface area (Å²) in [6.07, 6.45) is 3.10. The number of nitrogens with zero attached hydrogens (tertiary/aromatic N) is 3. The number of rotatable bonds is 3. The van der Waals surface area contributed by atoms with Gasteiger partial charge in [0.1, 0.15) is 5.82 Å².